The Hall–Kier alpha value is -1.95. The Morgan fingerprint density at radius 2 is 1.74 bits per heavy atom. The van der Waals surface area contributed by atoms with Gasteiger partial charge in [0.2, 0.25) is 15.9 Å². The number of nitriles is 1. The first-order chi connectivity index (χ1) is 12.5. The van der Waals surface area contributed by atoms with Crippen LogP contribution in [0.3, 0.4) is 0 Å². The minimum absolute atomic E-state index is 0.159. The second kappa shape index (κ2) is 8.38. The first kappa shape index (κ1) is 21.4. The summed E-state index contributed by atoms with van der Waals surface area (Å²) in [5, 5.41) is 12.0. The van der Waals surface area contributed by atoms with E-state index in [9.17, 15) is 18.5 Å². The number of carbonyl (C=O) groups is 1. The summed E-state index contributed by atoms with van der Waals surface area (Å²) in [7, 11) is -3.51. The summed E-state index contributed by atoms with van der Waals surface area (Å²) in [6, 6.07) is 8.38. The molecule has 1 atom stereocenters. The van der Waals surface area contributed by atoms with Gasteiger partial charge in [-0.2, -0.15) is 9.57 Å². The summed E-state index contributed by atoms with van der Waals surface area (Å²) >= 11 is 0. The molecule has 2 rings (SSSR count). The smallest absolute Gasteiger partial charge is 0.243 e. The van der Waals surface area contributed by atoms with Crippen LogP contribution in [-0.4, -0.2) is 62.3 Å². The molecule has 0 aromatic heterocycles. The molecule has 1 amide bonds. The highest BCUT2D eigenvalue weighted by Crippen LogP contribution is 2.19. The Morgan fingerprint density at radius 1 is 1.19 bits per heavy atom. The largest absolute Gasteiger partial charge is 0.339 e. The van der Waals surface area contributed by atoms with Crippen molar-refractivity contribution in [1.82, 2.24) is 14.5 Å². The minimum Gasteiger partial charge on any atom is -0.339 e. The molecule has 1 aliphatic rings. The lowest BCUT2D eigenvalue weighted by Gasteiger charge is -2.34. The van der Waals surface area contributed by atoms with Crippen molar-refractivity contribution in [3.8, 4) is 6.07 Å². The van der Waals surface area contributed by atoms with Crippen molar-refractivity contribution in [2.24, 2.45) is 5.41 Å². The topological polar surface area (TPSA) is 93.5 Å². The molecule has 7 nitrogen and oxygen atoms in total. The Morgan fingerprint density at radius 3 is 2.22 bits per heavy atom. The van der Waals surface area contributed by atoms with Crippen LogP contribution in [0.15, 0.2) is 29.2 Å². The molecule has 1 N–H and O–H groups in total. The van der Waals surface area contributed by atoms with Gasteiger partial charge in [-0.25, -0.2) is 8.42 Å². The van der Waals surface area contributed by atoms with E-state index < -0.39 is 16.1 Å². The van der Waals surface area contributed by atoms with Crippen molar-refractivity contribution in [2.45, 2.75) is 38.6 Å². The van der Waals surface area contributed by atoms with E-state index in [-0.39, 0.29) is 17.9 Å². The highest BCUT2D eigenvalue weighted by Gasteiger charge is 2.30. The molecular weight excluding hydrogens is 364 g/mol. The van der Waals surface area contributed by atoms with Gasteiger partial charge in [0.1, 0.15) is 6.04 Å². The van der Waals surface area contributed by atoms with E-state index in [0.717, 1.165) is 5.56 Å². The van der Waals surface area contributed by atoms with Crippen molar-refractivity contribution in [3.63, 3.8) is 0 Å². The maximum absolute atomic E-state index is 12.7. The standard InChI is InChI=1S/C19H28N4O3S/c1-15-5-7-16(8-6-15)27(25,26)23-11-9-22(10-12-23)14-18(24)21-17(13-20)19(2,3)4/h5-8,17H,9-12,14H2,1-4H3,(H,21,24). The van der Waals surface area contributed by atoms with E-state index in [4.69, 9.17) is 0 Å². The molecular formula is C19H28N4O3S. The van der Waals surface area contributed by atoms with Crippen molar-refractivity contribution >= 4 is 15.9 Å². The zero-order valence-corrected chi connectivity index (χ0v) is 17.2. The van der Waals surface area contributed by atoms with Gasteiger partial charge in [0.15, 0.2) is 0 Å². The van der Waals surface area contributed by atoms with Gasteiger partial charge in [0.05, 0.1) is 17.5 Å². The summed E-state index contributed by atoms with van der Waals surface area (Å²) in [6.45, 7) is 9.40. The number of aryl methyl sites for hydroxylation is 1. The molecule has 1 heterocycles. The molecule has 27 heavy (non-hydrogen) atoms. The van der Waals surface area contributed by atoms with Gasteiger partial charge in [0.25, 0.3) is 0 Å². The third-order valence-electron chi connectivity index (χ3n) is 4.66. The van der Waals surface area contributed by atoms with E-state index in [1.807, 2.05) is 32.6 Å². The Kier molecular flexibility index (Phi) is 6.63. The average Bonchev–Trinajstić information content (AvgIpc) is 2.59. The third kappa shape index (κ3) is 5.51. The maximum Gasteiger partial charge on any atom is 0.243 e. The van der Waals surface area contributed by atoms with Gasteiger partial charge in [-0.3, -0.25) is 9.69 Å². The Bertz CT molecular complexity index is 799. The fourth-order valence-corrected chi connectivity index (χ4v) is 4.26. The SMILES string of the molecule is Cc1ccc(S(=O)(=O)N2CCN(CC(=O)NC(C#N)C(C)(C)C)CC2)cc1. The summed E-state index contributed by atoms with van der Waals surface area (Å²) in [6.07, 6.45) is 0. The second-order valence-electron chi connectivity index (χ2n) is 7.99. The maximum atomic E-state index is 12.7. The number of hydrogen-bond acceptors (Lipinski definition) is 5. The summed E-state index contributed by atoms with van der Waals surface area (Å²) < 4.78 is 26.9. The van der Waals surface area contributed by atoms with E-state index in [2.05, 4.69) is 11.4 Å². The second-order valence-corrected chi connectivity index (χ2v) is 9.93. The van der Waals surface area contributed by atoms with Crippen LogP contribution in [-0.2, 0) is 14.8 Å². The molecule has 0 spiro atoms. The predicted octanol–water partition coefficient (Wildman–Crippen LogP) is 1.36. The number of carbonyl (C=O) groups excluding carboxylic acids is 1. The van der Waals surface area contributed by atoms with Gasteiger partial charge in [-0.15, -0.1) is 0 Å². The number of hydrogen-bond donors (Lipinski definition) is 1. The molecule has 8 heteroatoms. The number of piperazine rings is 1. The van der Waals surface area contributed by atoms with Gasteiger partial charge in [-0.1, -0.05) is 38.5 Å². The Balaban J connectivity index is 1.91. The molecule has 1 fully saturated rings. The Labute approximate surface area is 162 Å². The van der Waals surface area contributed by atoms with E-state index in [1.165, 1.54) is 4.31 Å². The fourth-order valence-electron chi connectivity index (χ4n) is 2.84. The molecule has 0 bridgehead atoms. The van der Waals surface area contributed by atoms with Crippen LogP contribution in [0, 0.1) is 23.7 Å². The number of nitrogens with one attached hydrogen (secondary N) is 1. The van der Waals surface area contributed by atoms with Crippen molar-refractivity contribution in [1.29, 1.82) is 5.26 Å². The quantitative estimate of drug-likeness (QED) is 0.816. The summed E-state index contributed by atoms with van der Waals surface area (Å²) in [4.78, 5) is 14.4. The van der Waals surface area contributed by atoms with Crippen molar-refractivity contribution in [2.75, 3.05) is 32.7 Å². The lowest BCUT2D eigenvalue weighted by atomic mass is 9.87. The van der Waals surface area contributed by atoms with Crippen LogP contribution < -0.4 is 5.32 Å². The molecule has 1 aromatic rings. The average molecular weight is 393 g/mol. The van der Waals surface area contributed by atoms with Gasteiger partial charge in [0, 0.05) is 26.2 Å². The number of sulfonamides is 1. The number of rotatable bonds is 5. The van der Waals surface area contributed by atoms with Gasteiger partial charge < -0.3 is 5.32 Å². The first-order valence-electron chi connectivity index (χ1n) is 9.02. The van der Waals surface area contributed by atoms with Crippen molar-refractivity contribution in [3.05, 3.63) is 29.8 Å². The molecule has 1 aromatic carbocycles. The highest BCUT2D eigenvalue weighted by molar-refractivity contribution is 7.89. The first-order valence-corrected chi connectivity index (χ1v) is 10.5. The molecule has 148 valence electrons. The summed E-state index contributed by atoms with van der Waals surface area (Å²) in [5.41, 5.74) is 0.668. The van der Waals surface area contributed by atoms with E-state index in [1.54, 1.807) is 24.3 Å². The number of amides is 1. The van der Waals surface area contributed by atoms with Gasteiger partial charge in [-0.05, 0) is 24.5 Å². The molecule has 1 saturated heterocycles. The lowest BCUT2D eigenvalue weighted by molar-refractivity contribution is -0.123. The zero-order valence-electron chi connectivity index (χ0n) is 16.4. The van der Waals surface area contributed by atoms with Crippen LogP contribution in [0.2, 0.25) is 0 Å². The normalized spacial score (nSPS) is 17.9. The van der Waals surface area contributed by atoms with Crippen LogP contribution >= 0.6 is 0 Å². The molecule has 1 unspecified atom stereocenters. The van der Waals surface area contributed by atoms with E-state index in [0.29, 0.717) is 31.1 Å². The molecule has 0 radical (unpaired) electrons. The van der Waals surface area contributed by atoms with Crippen molar-refractivity contribution < 1.29 is 13.2 Å². The number of nitrogens with zero attached hydrogens (tertiary/aromatic N) is 3. The minimum atomic E-state index is -3.51. The summed E-state index contributed by atoms with van der Waals surface area (Å²) in [5.74, 6) is -0.216. The van der Waals surface area contributed by atoms with E-state index >= 15 is 0 Å². The third-order valence-corrected chi connectivity index (χ3v) is 6.57. The lowest BCUT2D eigenvalue weighted by Crippen LogP contribution is -2.52. The predicted molar refractivity (Wildman–Crippen MR) is 103 cm³/mol. The fraction of sp³-hybridized carbons (Fsp3) is 0.579. The van der Waals surface area contributed by atoms with Gasteiger partial charge >= 0.3 is 0 Å². The molecule has 1 aliphatic heterocycles. The van der Waals surface area contributed by atoms with Crippen LogP contribution in [0.5, 0.6) is 0 Å². The highest BCUT2D eigenvalue weighted by atomic mass is 32.2. The van der Waals surface area contributed by atoms with Crippen LogP contribution in [0.25, 0.3) is 0 Å². The number of benzene rings is 1. The molecule has 0 saturated carbocycles. The molecule has 0 aliphatic carbocycles. The monoisotopic (exact) mass is 392 g/mol. The van der Waals surface area contributed by atoms with Crippen LogP contribution in [0.1, 0.15) is 26.3 Å². The van der Waals surface area contributed by atoms with Crippen LogP contribution in [0.4, 0.5) is 0 Å². The zero-order chi connectivity index (χ0) is 20.2.